The molecule has 3 rings (SSSR count). The lowest BCUT2D eigenvalue weighted by Crippen LogP contribution is -2.17. The standard InChI is InChI=1S/C17H15ClO2S/c18-13-7-5-11(6-8-13)15(17(19)20)10-14-9-12-3-1-2-4-16(12)21-14/h1-8,14-15H,9-10H2,(H,19,20). The molecule has 4 heteroatoms. The zero-order valence-corrected chi connectivity index (χ0v) is 12.9. The molecule has 0 amide bonds. The summed E-state index contributed by atoms with van der Waals surface area (Å²) in [6.07, 6.45) is 1.58. The van der Waals surface area contributed by atoms with E-state index >= 15 is 0 Å². The molecule has 108 valence electrons. The molecule has 2 nitrogen and oxygen atoms in total. The van der Waals surface area contributed by atoms with Gasteiger partial charge in [0.05, 0.1) is 5.92 Å². The molecule has 1 heterocycles. The monoisotopic (exact) mass is 318 g/mol. The molecule has 2 atom stereocenters. The maximum Gasteiger partial charge on any atom is 0.311 e. The van der Waals surface area contributed by atoms with Gasteiger partial charge >= 0.3 is 5.97 Å². The van der Waals surface area contributed by atoms with Gasteiger partial charge in [-0.15, -0.1) is 11.8 Å². The Morgan fingerprint density at radius 3 is 2.62 bits per heavy atom. The molecule has 2 aromatic carbocycles. The van der Waals surface area contributed by atoms with Crippen molar-refractivity contribution >= 4 is 29.3 Å². The highest BCUT2D eigenvalue weighted by Crippen LogP contribution is 2.41. The van der Waals surface area contributed by atoms with E-state index in [4.69, 9.17) is 11.6 Å². The van der Waals surface area contributed by atoms with Crippen LogP contribution < -0.4 is 0 Å². The number of halogens is 1. The minimum absolute atomic E-state index is 0.319. The second kappa shape index (κ2) is 6.12. The number of carbonyl (C=O) groups is 1. The quantitative estimate of drug-likeness (QED) is 0.894. The topological polar surface area (TPSA) is 37.3 Å². The highest BCUT2D eigenvalue weighted by Gasteiger charge is 2.29. The number of carboxylic acid groups (broad SMARTS) is 1. The van der Waals surface area contributed by atoms with Gasteiger partial charge in [-0.2, -0.15) is 0 Å². The summed E-state index contributed by atoms with van der Waals surface area (Å²) < 4.78 is 0. The number of aliphatic carboxylic acids is 1. The summed E-state index contributed by atoms with van der Waals surface area (Å²) in [5.74, 6) is -1.25. The Morgan fingerprint density at radius 2 is 1.95 bits per heavy atom. The van der Waals surface area contributed by atoms with E-state index in [0.717, 1.165) is 12.0 Å². The number of thioether (sulfide) groups is 1. The van der Waals surface area contributed by atoms with Gasteiger partial charge in [-0.05, 0) is 42.2 Å². The fourth-order valence-corrected chi connectivity index (χ4v) is 4.22. The van der Waals surface area contributed by atoms with Crippen molar-refractivity contribution in [1.29, 1.82) is 0 Å². The van der Waals surface area contributed by atoms with Crippen LogP contribution in [0.2, 0.25) is 5.02 Å². The number of benzene rings is 2. The van der Waals surface area contributed by atoms with Gasteiger partial charge in [0.1, 0.15) is 0 Å². The van der Waals surface area contributed by atoms with E-state index in [2.05, 4.69) is 12.1 Å². The number of fused-ring (bicyclic) bond motifs is 1. The molecule has 2 aromatic rings. The van der Waals surface area contributed by atoms with Crippen LogP contribution in [0.3, 0.4) is 0 Å². The van der Waals surface area contributed by atoms with Crippen LogP contribution in [0.4, 0.5) is 0 Å². The van der Waals surface area contributed by atoms with Crippen LogP contribution in [0.15, 0.2) is 53.4 Å². The first-order valence-electron chi connectivity index (χ1n) is 6.86. The van der Waals surface area contributed by atoms with Crippen LogP contribution in [-0.2, 0) is 11.2 Å². The minimum Gasteiger partial charge on any atom is -0.481 e. The van der Waals surface area contributed by atoms with Gasteiger partial charge in [0, 0.05) is 15.2 Å². The van der Waals surface area contributed by atoms with Crippen LogP contribution in [0.1, 0.15) is 23.5 Å². The van der Waals surface area contributed by atoms with Crippen LogP contribution in [-0.4, -0.2) is 16.3 Å². The molecule has 1 aliphatic heterocycles. The average Bonchev–Trinajstić information content (AvgIpc) is 2.88. The highest BCUT2D eigenvalue weighted by molar-refractivity contribution is 8.00. The van der Waals surface area contributed by atoms with Gasteiger partial charge in [-0.25, -0.2) is 0 Å². The van der Waals surface area contributed by atoms with Crippen LogP contribution >= 0.6 is 23.4 Å². The molecule has 0 fully saturated rings. The van der Waals surface area contributed by atoms with E-state index in [9.17, 15) is 9.90 Å². The largest absolute Gasteiger partial charge is 0.481 e. The lowest BCUT2D eigenvalue weighted by atomic mass is 9.92. The van der Waals surface area contributed by atoms with Crippen LogP contribution in [0.5, 0.6) is 0 Å². The molecule has 0 bridgehead atoms. The van der Waals surface area contributed by atoms with Crippen LogP contribution in [0.25, 0.3) is 0 Å². The first kappa shape index (κ1) is 14.5. The summed E-state index contributed by atoms with van der Waals surface area (Å²) >= 11 is 7.67. The van der Waals surface area contributed by atoms with Gasteiger partial charge in [0.2, 0.25) is 0 Å². The molecule has 0 radical (unpaired) electrons. The Balaban J connectivity index is 1.75. The molecular formula is C17H15ClO2S. The molecule has 0 spiro atoms. The van der Waals surface area contributed by atoms with E-state index in [-0.39, 0.29) is 0 Å². The van der Waals surface area contributed by atoms with E-state index < -0.39 is 11.9 Å². The Morgan fingerprint density at radius 1 is 1.24 bits per heavy atom. The third-order valence-electron chi connectivity index (χ3n) is 3.78. The maximum atomic E-state index is 11.6. The fraction of sp³-hybridized carbons (Fsp3) is 0.235. The number of rotatable bonds is 4. The normalized spacial score (nSPS) is 18.2. The zero-order valence-electron chi connectivity index (χ0n) is 11.3. The molecule has 0 aromatic heterocycles. The summed E-state index contributed by atoms with van der Waals surface area (Å²) in [4.78, 5) is 12.9. The maximum absolute atomic E-state index is 11.6. The van der Waals surface area contributed by atoms with Crippen molar-refractivity contribution in [2.24, 2.45) is 0 Å². The average molecular weight is 319 g/mol. The van der Waals surface area contributed by atoms with Gasteiger partial charge in [0.15, 0.2) is 0 Å². The van der Waals surface area contributed by atoms with Gasteiger partial charge in [-0.1, -0.05) is 41.9 Å². The minimum atomic E-state index is -0.770. The predicted molar refractivity (Wildman–Crippen MR) is 86.2 cm³/mol. The Bertz CT molecular complexity index is 629. The molecular weight excluding hydrogens is 304 g/mol. The third kappa shape index (κ3) is 3.25. The van der Waals surface area contributed by atoms with Crippen molar-refractivity contribution < 1.29 is 9.90 Å². The fourth-order valence-electron chi connectivity index (χ4n) is 2.72. The molecule has 21 heavy (non-hydrogen) atoms. The van der Waals surface area contributed by atoms with Crippen molar-refractivity contribution in [3.05, 3.63) is 64.7 Å². The SMILES string of the molecule is O=C(O)C(CC1Cc2ccccc2S1)c1ccc(Cl)cc1. The van der Waals surface area contributed by atoms with Crippen molar-refractivity contribution in [3.8, 4) is 0 Å². The summed E-state index contributed by atoms with van der Waals surface area (Å²) in [6, 6.07) is 15.4. The molecule has 0 saturated heterocycles. The van der Waals surface area contributed by atoms with E-state index in [1.807, 2.05) is 24.3 Å². The first-order valence-corrected chi connectivity index (χ1v) is 8.12. The van der Waals surface area contributed by atoms with Gasteiger partial charge in [-0.3, -0.25) is 4.79 Å². The number of hydrogen-bond acceptors (Lipinski definition) is 2. The smallest absolute Gasteiger partial charge is 0.311 e. The Labute approximate surface area is 133 Å². The lowest BCUT2D eigenvalue weighted by molar-refractivity contribution is -0.139. The van der Waals surface area contributed by atoms with Crippen molar-refractivity contribution in [2.45, 2.75) is 28.9 Å². The zero-order chi connectivity index (χ0) is 14.8. The first-order chi connectivity index (χ1) is 10.1. The van der Waals surface area contributed by atoms with Crippen molar-refractivity contribution in [2.75, 3.05) is 0 Å². The summed E-state index contributed by atoms with van der Waals surface area (Å²) in [7, 11) is 0. The predicted octanol–water partition coefficient (Wildman–Crippen LogP) is 4.62. The van der Waals surface area contributed by atoms with Crippen LogP contribution in [0, 0.1) is 0 Å². The van der Waals surface area contributed by atoms with Crippen molar-refractivity contribution in [3.63, 3.8) is 0 Å². The van der Waals surface area contributed by atoms with Gasteiger partial charge < -0.3 is 5.11 Å². The molecule has 2 unspecified atom stereocenters. The summed E-state index contributed by atoms with van der Waals surface area (Å²) in [5, 5.41) is 10.5. The molecule has 1 N–H and O–H groups in total. The molecule has 0 saturated carbocycles. The van der Waals surface area contributed by atoms with Crippen molar-refractivity contribution in [1.82, 2.24) is 0 Å². The Kier molecular flexibility index (Phi) is 4.22. The third-order valence-corrected chi connectivity index (χ3v) is 5.38. The summed E-state index contributed by atoms with van der Waals surface area (Å²) in [6.45, 7) is 0. The molecule has 1 aliphatic rings. The van der Waals surface area contributed by atoms with E-state index in [1.165, 1.54) is 10.5 Å². The number of carboxylic acids is 1. The Hall–Kier alpha value is -1.45. The lowest BCUT2D eigenvalue weighted by Gasteiger charge is -2.16. The summed E-state index contributed by atoms with van der Waals surface area (Å²) in [5.41, 5.74) is 2.15. The highest BCUT2D eigenvalue weighted by atomic mass is 35.5. The van der Waals surface area contributed by atoms with Gasteiger partial charge in [0.25, 0.3) is 0 Å². The number of hydrogen-bond donors (Lipinski definition) is 1. The second-order valence-electron chi connectivity index (χ2n) is 5.23. The van der Waals surface area contributed by atoms with E-state index in [1.54, 1.807) is 23.9 Å². The second-order valence-corrected chi connectivity index (χ2v) is 7.01. The molecule has 0 aliphatic carbocycles. The van der Waals surface area contributed by atoms with E-state index in [0.29, 0.717) is 16.7 Å².